The molecule has 2 aromatic rings. The van der Waals surface area contributed by atoms with Crippen LogP contribution in [0.4, 0.5) is 0 Å². The van der Waals surface area contributed by atoms with E-state index >= 15 is 0 Å². The van der Waals surface area contributed by atoms with Gasteiger partial charge in [0.1, 0.15) is 0 Å². The Balaban J connectivity index is 0.00000264. The van der Waals surface area contributed by atoms with Crippen LogP contribution in [-0.2, 0) is 4.74 Å². The molecule has 0 N–H and O–H groups in total. The van der Waals surface area contributed by atoms with Crippen molar-refractivity contribution < 1.29 is 28.7 Å². The standard InChI is InChI=1S/C19H24O2Si.Li/c1-4-21-19(20)15-18(16-11-7-5-8-12-16)22(2,3)17-13-9-6-10-14-17;/h5-15,18,20H,4H2,1-3H3;/q;+1/p-1/b19-15+;. The van der Waals surface area contributed by atoms with E-state index in [2.05, 4.69) is 49.5 Å². The molecule has 0 radical (unpaired) electrons. The van der Waals surface area contributed by atoms with Crippen molar-refractivity contribution in [3.63, 3.8) is 0 Å². The summed E-state index contributed by atoms with van der Waals surface area (Å²) in [5, 5.41) is 13.4. The first-order valence-electron chi connectivity index (χ1n) is 7.67. The van der Waals surface area contributed by atoms with Gasteiger partial charge < -0.3 is 9.84 Å². The Hall–Kier alpha value is -1.41. The zero-order chi connectivity index (χ0) is 16.0. The van der Waals surface area contributed by atoms with Gasteiger partial charge in [0.05, 0.1) is 8.07 Å². The van der Waals surface area contributed by atoms with E-state index in [1.807, 2.05) is 31.2 Å². The van der Waals surface area contributed by atoms with Gasteiger partial charge in [-0.1, -0.05) is 91.9 Å². The van der Waals surface area contributed by atoms with Gasteiger partial charge in [-0.25, -0.2) is 0 Å². The van der Waals surface area contributed by atoms with Gasteiger partial charge in [-0.15, -0.1) is 0 Å². The third-order valence-corrected chi connectivity index (χ3v) is 7.92. The second kappa shape index (κ2) is 9.03. The van der Waals surface area contributed by atoms with E-state index < -0.39 is 8.07 Å². The molecule has 2 nitrogen and oxygen atoms in total. The Bertz CT molecular complexity index is 612. The maximum absolute atomic E-state index is 12.0. The van der Waals surface area contributed by atoms with Crippen molar-refractivity contribution in [2.75, 3.05) is 6.61 Å². The molecule has 0 heterocycles. The van der Waals surface area contributed by atoms with Crippen molar-refractivity contribution in [2.24, 2.45) is 0 Å². The number of benzene rings is 2. The summed E-state index contributed by atoms with van der Waals surface area (Å²) in [6.45, 7) is 6.85. The van der Waals surface area contributed by atoms with Gasteiger partial charge in [0.15, 0.2) is 0 Å². The van der Waals surface area contributed by atoms with Crippen LogP contribution in [0.5, 0.6) is 0 Å². The molecule has 0 aliphatic carbocycles. The minimum atomic E-state index is -1.90. The largest absolute Gasteiger partial charge is 1.00 e. The molecule has 0 aliphatic heterocycles. The molecule has 0 spiro atoms. The number of hydrogen-bond acceptors (Lipinski definition) is 2. The zero-order valence-electron chi connectivity index (χ0n) is 14.5. The molecular formula is C19H23LiO2Si. The topological polar surface area (TPSA) is 32.3 Å². The smallest absolute Gasteiger partial charge is 0.614 e. The summed E-state index contributed by atoms with van der Waals surface area (Å²) in [6, 6.07) is 20.7. The third-order valence-electron chi connectivity index (χ3n) is 4.04. The van der Waals surface area contributed by atoms with Crippen molar-refractivity contribution in [1.82, 2.24) is 0 Å². The molecule has 23 heavy (non-hydrogen) atoms. The van der Waals surface area contributed by atoms with Crippen LogP contribution in [0.1, 0.15) is 18.0 Å². The number of hydrogen-bond donors (Lipinski definition) is 0. The van der Waals surface area contributed by atoms with Crippen molar-refractivity contribution in [3.8, 4) is 0 Å². The molecule has 0 saturated heterocycles. The normalized spacial score (nSPS) is 13.1. The first-order valence-corrected chi connectivity index (χ1v) is 10.8. The number of allylic oxidation sites excluding steroid dienone is 1. The molecule has 116 valence electrons. The monoisotopic (exact) mass is 318 g/mol. The molecular weight excluding hydrogens is 295 g/mol. The van der Waals surface area contributed by atoms with E-state index in [0.717, 1.165) is 0 Å². The fourth-order valence-corrected chi connectivity index (χ4v) is 5.74. The van der Waals surface area contributed by atoms with Crippen LogP contribution in [-0.4, -0.2) is 14.7 Å². The fourth-order valence-electron chi connectivity index (χ4n) is 2.76. The van der Waals surface area contributed by atoms with E-state index in [-0.39, 0.29) is 30.3 Å². The predicted molar refractivity (Wildman–Crippen MR) is 92.5 cm³/mol. The minimum absolute atomic E-state index is 0. The maximum Gasteiger partial charge on any atom is 1.00 e. The summed E-state index contributed by atoms with van der Waals surface area (Å²) < 4.78 is 5.15. The van der Waals surface area contributed by atoms with Crippen LogP contribution in [0.3, 0.4) is 0 Å². The average molecular weight is 318 g/mol. The number of rotatable bonds is 6. The van der Waals surface area contributed by atoms with Crippen molar-refractivity contribution >= 4 is 13.3 Å². The number of ether oxygens (including phenoxy) is 1. The van der Waals surface area contributed by atoms with Crippen molar-refractivity contribution in [2.45, 2.75) is 25.6 Å². The van der Waals surface area contributed by atoms with Crippen LogP contribution in [0, 0.1) is 0 Å². The molecule has 0 bridgehead atoms. The van der Waals surface area contributed by atoms with Gasteiger partial charge in [0.2, 0.25) is 0 Å². The van der Waals surface area contributed by atoms with E-state index in [1.54, 1.807) is 6.08 Å². The van der Waals surface area contributed by atoms with Gasteiger partial charge in [0, 0.05) is 11.5 Å². The van der Waals surface area contributed by atoms with Crippen LogP contribution >= 0.6 is 0 Å². The zero-order valence-corrected chi connectivity index (χ0v) is 15.5. The molecule has 0 aromatic heterocycles. The van der Waals surface area contributed by atoms with Gasteiger partial charge in [-0.3, -0.25) is 0 Å². The van der Waals surface area contributed by atoms with E-state index in [4.69, 9.17) is 4.74 Å². The molecule has 0 saturated carbocycles. The van der Waals surface area contributed by atoms with Gasteiger partial charge in [-0.2, -0.15) is 0 Å². The summed E-state index contributed by atoms with van der Waals surface area (Å²) in [7, 11) is -1.90. The molecule has 0 amide bonds. The van der Waals surface area contributed by atoms with E-state index in [1.165, 1.54) is 10.8 Å². The average Bonchev–Trinajstić information content (AvgIpc) is 2.54. The Kier molecular flexibility index (Phi) is 7.71. The molecule has 4 heteroatoms. The second-order valence-electron chi connectivity index (χ2n) is 5.89. The van der Waals surface area contributed by atoms with Crippen LogP contribution in [0.15, 0.2) is 72.7 Å². The second-order valence-corrected chi connectivity index (χ2v) is 10.5. The Morgan fingerprint density at radius 2 is 1.57 bits per heavy atom. The van der Waals surface area contributed by atoms with Gasteiger partial charge >= 0.3 is 18.9 Å². The SMILES string of the molecule is CCO/C([O-])=C/C(c1ccccc1)[Si](C)(C)c1ccccc1.[Li+]. The van der Waals surface area contributed by atoms with Crippen LogP contribution in [0.25, 0.3) is 0 Å². The Morgan fingerprint density at radius 1 is 1.04 bits per heavy atom. The van der Waals surface area contributed by atoms with Crippen molar-refractivity contribution in [1.29, 1.82) is 0 Å². The quantitative estimate of drug-likeness (QED) is 0.562. The molecule has 2 rings (SSSR count). The summed E-state index contributed by atoms with van der Waals surface area (Å²) in [5.41, 5.74) is 1.27. The predicted octanol–water partition coefficient (Wildman–Crippen LogP) is 0.167. The van der Waals surface area contributed by atoms with Crippen LogP contribution in [0.2, 0.25) is 13.1 Å². The Morgan fingerprint density at radius 3 is 2.09 bits per heavy atom. The first kappa shape index (κ1) is 19.6. The molecule has 0 fully saturated rings. The summed E-state index contributed by atoms with van der Waals surface area (Å²) >= 11 is 0. The Labute approximate surface area is 152 Å². The van der Waals surface area contributed by atoms with E-state index in [9.17, 15) is 5.11 Å². The van der Waals surface area contributed by atoms with Crippen molar-refractivity contribution in [3.05, 3.63) is 78.2 Å². The molecule has 2 aromatic carbocycles. The molecule has 0 aliphatic rings. The first-order chi connectivity index (χ1) is 10.6. The van der Waals surface area contributed by atoms with Gasteiger partial charge in [-0.05, 0) is 12.2 Å². The minimum Gasteiger partial charge on any atom is -0.614 e. The van der Waals surface area contributed by atoms with Gasteiger partial charge in [0.25, 0.3) is 0 Å². The summed E-state index contributed by atoms with van der Waals surface area (Å²) in [5.74, 6) is -0.229. The molecule has 1 unspecified atom stereocenters. The molecule has 1 atom stereocenters. The summed E-state index contributed by atoms with van der Waals surface area (Å²) in [6.07, 6.45) is 1.76. The van der Waals surface area contributed by atoms with Crippen LogP contribution < -0.4 is 29.2 Å². The maximum atomic E-state index is 12.0. The van der Waals surface area contributed by atoms with E-state index in [0.29, 0.717) is 6.61 Å². The third kappa shape index (κ3) is 5.04. The summed E-state index contributed by atoms with van der Waals surface area (Å²) in [4.78, 5) is 0. The fraction of sp³-hybridized carbons (Fsp3) is 0.263.